The summed E-state index contributed by atoms with van der Waals surface area (Å²) in [6.45, 7) is 0. The molecule has 0 aromatic rings. The maximum atomic E-state index is 5.39. The maximum Gasteiger partial charge on any atom is 0.113 e. The smallest absolute Gasteiger partial charge is 0.113 e. The van der Waals surface area contributed by atoms with Crippen LogP contribution in [0.5, 0.6) is 0 Å². The molecule has 0 aromatic carbocycles. The van der Waals surface area contributed by atoms with Crippen LogP contribution in [0, 0.1) is 0 Å². The molecule has 1 rings (SSSR count). The van der Waals surface area contributed by atoms with Gasteiger partial charge in [0.1, 0.15) is 18.9 Å². The molecular formula is C3H12N6. The van der Waals surface area contributed by atoms with Gasteiger partial charge < -0.3 is 17.2 Å². The van der Waals surface area contributed by atoms with Crippen LogP contribution in [0.15, 0.2) is 0 Å². The number of hydrogen-bond donors (Lipinski definition) is 6. The molecule has 0 bridgehead atoms. The molecule has 6 heteroatoms. The highest BCUT2D eigenvalue weighted by Crippen LogP contribution is 1.77. The number of hydrogen-bond acceptors (Lipinski definition) is 6. The predicted octanol–water partition coefficient (Wildman–Crippen LogP) is -3.50. The average Bonchev–Trinajstić information content (AvgIpc) is 1.59. The van der Waals surface area contributed by atoms with Crippen LogP contribution in [0.3, 0.4) is 0 Å². The van der Waals surface area contributed by atoms with Crippen molar-refractivity contribution < 1.29 is 0 Å². The molecule has 0 aromatic heterocycles. The molecule has 6 nitrogen and oxygen atoms in total. The van der Waals surface area contributed by atoms with E-state index in [1.807, 2.05) is 0 Å². The van der Waals surface area contributed by atoms with Crippen LogP contribution in [-0.4, -0.2) is 18.9 Å². The Morgan fingerprint density at radius 3 is 1.11 bits per heavy atom. The summed E-state index contributed by atoms with van der Waals surface area (Å²) in [6.07, 6.45) is -0.969. The van der Waals surface area contributed by atoms with E-state index in [4.69, 9.17) is 17.2 Å². The van der Waals surface area contributed by atoms with Gasteiger partial charge in [-0.3, -0.25) is 16.0 Å². The summed E-state index contributed by atoms with van der Waals surface area (Å²) < 4.78 is 0. The molecule has 1 saturated heterocycles. The van der Waals surface area contributed by atoms with Crippen molar-refractivity contribution in [2.45, 2.75) is 18.9 Å². The van der Waals surface area contributed by atoms with Gasteiger partial charge in [0.25, 0.3) is 0 Å². The molecule has 0 spiro atoms. The zero-order valence-corrected chi connectivity index (χ0v) is 4.96. The van der Waals surface area contributed by atoms with Crippen molar-refractivity contribution in [1.29, 1.82) is 0 Å². The zero-order valence-electron chi connectivity index (χ0n) is 4.96. The minimum Gasteiger partial charge on any atom is -0.303 e. The van der Waals surface area contributed by atoms with E-state index in [0.717, 1.165) is 0 Å². The molecule has 54 valence electrons. The minimum absolute atomic E-state index is 0.323. The Hall–Kier alpha value is -0.240. The first-order chi connectivity index (χ1) is 4.18. The first-order valence-corrected chi connectivity index (χ1v) is 2.73. The maximum absolute atomic E-state index is 5.39. The van der Waals surface area contributed by atoms with E-state index >= 15 is 0 Å². The summed E-state index contributed by atoms with van der Waals surface area (Å²) in [7, 11) is 0. The molecule has 9 N–H and O–H groups in total. The van der Waals surface area contributed by atoms with Gasteiger partial charge in [-0.15, -0.1) is 0 Å². The van der Waals surface area contributed by atoms with Gasteiger partial charge in [0, 0.05) is 0 Å². The van der Waals surface area contributed by atoms with E-state index < -0.39 is 0 Å². The van der Waals surface area contributed by atoms with Crippen molar-refractivity contribution in [3.63, 3.8) is 0 Å². The molecule has 0 aliphatic carbocycles. The Balaban J connectivity index is 2.34. The number of nitrogens with two attached hydrogens (primary N) is 3. The monoisotopic (exact) mass is 132 g/mol. The molecule has 1 fully saturated rings. The fourth-order valence-electron chi connectivity index (χ4n) is 0.725. The predicted molar refractivity (Wildman–Crippen MR) is 33.3 cm³/mol. The van der Waals surface area contributed by atoms with Gasteiger partial charge in [0.05, 0.1) is 0 Å². The van der Waals surface area contributed by atoms with Gasteiger partial charge in [0.15, 0.2) is 0 Å². The lowest BCUT2D eigenvalue weighted by Gasteiger charge is -2.32. The fraction of sp³-hybridized carbons (Fsp3) is 1.00. The zero-order chi connectivity index (χ0) is 6.85. The summed E-state index contributed by atoms with van der Waals surface area (Å²) in [5.74, 6) is 0. The lowest BCUT2D eigenvalue weighted by molar-refractivity contribution is 0.210. The Morgan fingerprint density at radius 1 is 0.667 bits per heavy atom. The number of rotatable bonds is 0. The third-order valence-electron chi connectivity index (χ3n) is 1.08. The summed E-state index contributed by atoms with van der Waals surface area (Å²) in [5.41, 5.74) is 16.2. The molecule has 0 unspecified atom stereocenters. The molecule has 0 saturated carbocycles. The molecule has 0 atom stereocenters. The summed E-state index contributed by atoms with van der Waals surface area (Å²) in [6, 6.07) is 0. The quantitative estimate of drug-likeness (QED) is 0.204. The van der Waals surface area contributed by atoms with Gasteiger partial charge in [0.2, 0.25) is 0 Å². The molecule has 9 heavy (non-hydrogen) atoms. The Kier molecular flexibility index (Phi) is 1.96. The molecule has 0 radical (unpaired) electrons. The first kappa shape index (κ1) is 6.87. The van der Waals surface area contributed by atoms with E-state index in [2.05, 4.69) is 16.0 Å². The minimum atomic E-state index is -0.323. The van der Waals surface area contributed by atoms with Crippen LogP contribution in [0.2, 0.25) is 0 Å². The van der Waals surface area contributed by atoms with E-state index in [1.54, 1.807) is 0 Å². The SMILES string of the molecule is NC1NC(N)NC(N)N1. The summed E-state index contributed by atoms with van der Waals surface area (Å²) >= 11 is 0. The second-order valence-corrected chi connectivity index (χ2v) is 1.93. The molecule has 1 aliphatic rings. The van der Waals surface area contributed by atoms with Crippen LogP contribution in [-0.2, 0) is 0 Å². The lowest BCUT2D eigenvalue weighted by atomic mass is 10.6. The van der Waals surface area contributed by atoms with Crippen molar-refractivity contribution in [3.05, 3.63) is 0 Å². The van der Waals surface area contributed by atoms with Crippen molar-refractivity contribution >= 4 is 0 Å². The van der Waals surface area contributed by atoms with E-state index in [0.29, 0.717) is 0 Å². The van der Waals surface area contributed by atoms with Gasteiger partial charge in [-0.05, 0) is 0 Å². The van der Waals surface area contributed by atoms with Crippen molar-refractivity contribution in [1.82, 2.24) is 16.0 Å². The number of nitrogens with one attached hydrogen (secondary N) is 3. The Bertz CT molecular complexity index is 69.3. The molecule has 1 aliphatic heterocycles. The molecule has 1 heterocycles. The van der Waals surface area contributed by atoms with Crippen molar-refractivity contribution in [3.8, 4) is 0 Å². The van der Waals surface area contributed by atoms with Crippen LogP contribution in [0.25, 0.3) is 0 Å². The topological polar surface area (TPSA) is 114 Å². The van der Waals surface area contributed by atoms with Crippen molar-refractivity contribution in [2.75, 3.05) is 0 Å². The van der Waals surface area contributed by atoms with Gasteiger partial charge in [-0.25, -0.2) is 0 Å². The first-order valence-electron chi connectivity index (χ1n) is 2.73. The standard InChI is InChI=1S/C3H12N6/c4-1-7-2(5)9-3(6)8-1/h1-3,7-9H,4-6H2. The largest absolute Gasteiger partial charge is 0.303 e. The third-order valence-corrected chi connectivity index (χ3v) is 1.08. The highest BCUT2D eigenvalue weighted by Gasteiger charge is 2.17. The second kappa shape index (κ2) is 2.56. The fourth-order valence-corrected chi connectivity index (χ4v) is 0.725. The second-order valence-electron chi connectivity index (χ2n) is 1.93. The molecular weight excluding hydrogens is 120 g/mol. The highest BCUT2D eigenvalue weighted by atomic mass is 15.5. The Morgan fingerprint density at radius 2 is 0.889 bits per heavy atom. The van der Waals surface area contributed by atoms with E-state index in [1.165, 1.54) is 0 Å². The van der Waals surface area contributed by atoms with Crippen LogP contribution >= 0.6 is 0 Å². The average molecular weight is 132 g/mol. The van der Waals surface area contributed by atoms with Crippen LogP contribution in [0.4, 0.5) is 0 Å². The van der Waals surface area contributed by atoms with Gasteiger partial charge in [-0.1, -0.05) is 0 Å². The highest BCUT2D eigenvalue weighted by molar-refractivity contribution is 4.72. The van der Waals surface area contributed by atoms with Crippen molar-refractivity contribution in [2.24, 2.45) is 17.2 Å². The third kappa shape index (κ3) is 1.86. The van der Waals surface area contributed by atoms with Gasteiger partial charge >= 0.3 is 0 Å². The normalized spacial score (nSPS) is 45.0. The summed E-state index contributed by atoms with van der Waals surface area (Å²) in [4.78, 5) is 0. The van der Waals surface area contributed by atoms with Crippen LogP contribution in [0.1, 0.15) is 0 Å². The Labute approximate surface area is 53.1 Å². The molecule has 0 amide bonds. The summed E-state index contributed by atoms with van der Waals surface area (Å²) in [5, 5.41) is 8.29. The van der Waals surface area contributed by atoms with Gasteiger partial charge in [-0.2, -0.15) is 0 Å². The van der Waals surface area contributed by atoms with Crippen LogP contribution < -0.4 is 33.2 Å². The van der Waals surface area contributed by atoms with E-state index in [9.17, 15) is 0 Å². The van der Waals surface area contributed by atoms with E-state index in [-0.39, 0.29) is 18.9 Å². The lowest BCUT2D eigenvalue weighted by Crippen LogP contribution is -2.75.